The highest BCUT2D eigenvalue weighted by Crippen LogP contribution is 2.30. The van der Waals surface area contributed by atoms with Crippen molar-refractivity contribution in [1.82, 2.24) is 9.97 Å². The van der Waals surface area contributed by atoms with Crippen molar-refractivity contribution < 1.29 is 0 Å². The molecule has 1 heterocycles. The van der Waals surface area contributed by atoms with Crippen LogP contribution in [0.1, 0.15) is 35.6 Å². The molecule has 0 atom stereocenters. The molecule has 0 amide bonds. The molecule has 100 valence electrons. The molecule has 0 unspecified atom stereocenters. The number of hydrogen-bond acceptors (Lipinski definition) is 3. The topological polar surface area (TPSA) is 51.8 Å². The van der Waals surface area contributed by atoms with Gasteiger partial charge in [-0.15, -0.1) is 0 Å². The Morgan fingerprint density at radius 2 is 1.68 bits per heavy atom. The van der Waals surface area contributed by atoms with Crippen LogP contribution in [-0.2, 0) is 6.42 Å². The molecule has 0 spiro atoms. The van der Waals surface area contributed by atoms with Crippen LogP contribution >= 0.6 is 0 Å². The van der Waals surface area contributed by atoms with Gasteiger partial charge in [-0.3, -0.25) is 0 Å². The number of hydrogen-bond donors (Lipinski definition) is 1. The molecule has 0 saturated heterocycles. The summed E-state index contributed by atoms with van der Waals surface area (Å²) in [6.45, 7) is 8.52. The fourth-order valence-corrected chi connectivity index (χ4v) is 2.37. The number of aryl methyl sites for hydroxylation is 3. The molecule has 2 rings (SSSR count). The van der Waals surface area contributed by atoms with Gasteiger partial charge < -0.3 is 5.73 Å². The molecule has 19 heavy (non-hydrogen) atoms. The van der Waals surface area contributed by atoms with Crippen LogP contribution < -0.4 is 5.73 Å². The van der Waals surface area contributed by atoms with Crippen LogP contribution in [0.25, 0.3) is 11.3 Å². The van der Waals surface area contributed by atoms with Crippen LogP contribution in [-0.4, -0.2) is 9.97 Å². The predicted octanol–water partition coefficient (Wildman–Crippen LogP) is 3.60. The molecule has 1 aromatic heterocycles. The van der Waals surface area contributed by atoms with Gasteiger partial charge in [-0.05, 0) is 49.9 Å². The van der Waals surface area contributed by atoms with Gasteiger partial charge in [-0.1, -0.05) is 19.4 Å². The van der Waals surface area contributed by atoms with Gasteiger partial charge in [-0.2, -0.15) is 0 Å². The molecular formula is C16H21N3. The minimum Gasteiger partial charge on any atom is -0.383 e. The van der Waals surface area contributed by atoms with Gasteiger partial charge in [0.1, 0.15) is 12.1 Å². The second-order valence-corrected chi connectivity index (χ2v) is 5.09. The van der Waals surface area contributed by atoms with Crippen molar-refractivity contribution in [3.8, 4) is 11.3 Å². The predicted molar refractivity (Wildman–Crippen MR) is 80.1 cm³/mol. The van der Waals surface area contributed by atoms with E-state index in [1.54, 1.807) is 6.33 Å². The normalized spacial score (nSPS) is 10.7. The van der Waals surface area contributed by atoms with E-state index in [1.807, 2.05) is 0 Å². The van der Waals surface area contributed by atoms with Crippen molar-refractivity contribution in [2.24, 2.45) is 0 Å². The molecule has 0 bridgehead atoms. The number of aromatic nitrogens is 2. The molecule has 2 N–H and O–H groups in total. The summed E-state index contributed by atoms with van der Waals surface area (Å²) in [7, 11) is 0. The molecule has 2 aromatic rings. The van der Waals surface area contributed by atoms with E-state index in [9.17, 15) is 0 Å². The first kappa shape index (κ1) is 13.5. The largest absolute Gasteiger partial charge is 0.383 e. The maximum absolute atomic E-state index is 6.01. The summed E-state index contributed by atoms with van der Waals surface area (Å²) < 4.78 is 0. The zero-order valence-electron chi connectivity index (χ0n) is 12.1. The Balaban J connectivity index is 2.65. The maximum Gasteiger partial charge on any atom is 0.130 e. The van der Waals surface area contributed by atoms with Crippen LogP contribution in [0.4, 0.5) is 5.82 Å². The molecule has 3 heteroatoms. The van der Waals surface area contributed by atoms with Gasteiger partial charge in [0.2, 0.25) is 0 Å². The van der Waals surface area contributed by atoms with E-state index in [1.165, 1.54) is 22.3 Å². The van der Waals surface area contributed by atoms with Crippen LogP contribution in [0.15, 0.2) is 18.5 Å². The van der Waals surface area contributed by atoms with Crippen LogP contribution in [0.2, 0.25) is 0 Å². The minimum atomic E-state index is 0.601. The smallest absolute Gasteiger partial charge is 0.130 e. The summed E-state index contributed by atoms with van der Waals surface area (Å²) in [5.41, 5.74) is 13.0. The summed E-state index contributed by atoms with van der Waals surface area (Å²) >= 11 is 0. The summed E-state index contributed by atoms with van der Waals surface area (Å²) in [5.74, 6) is 0.601. The third-order valence-electron chi connectivity index (χ3n) is 3.57. The van der Waals surface area contributed by atoms with E-state index >= 15 is 0 Å². The van der Waals surface area contributed by atoms with Gasteiger partial charge in [0.05, 0.1) is 5.69 Å². The molecule has 0 aliphatic rings. The lowest BCUT2D eigenvalue weighted by Gasteiger charge is -2.14. The molecule has 3 nitrogen and oxygen atoms in total. The van der Waals surface area contributed by atoms with Crippen molar-refractivity contribution in [3.05, 3.63) is 40.7 Å². The summed E-state index contributed by atoms with van der Waals surface area (Å²) in [4.78, 5) is 8.59. The Labute approximate surface area is 114 Å². The molecule has 0 saturated carbocycles. The van der Waals surface area contributed by atoms with Crippen molar-refractivity contribution in [1.29, 1.82) is 0 Å². The minimum absolute atomic E-state index is 0.601. The van der Waals surface area contributed by atoms with Crippen LogP contribution in [0.5, 0.6) is 0 Å². The second-order valence-electron chi connectivity index (χ2n) is 5.09. The molecule has 0 aliphatic heterocycles. The van der Waals surface area contributed by atoms with E-state index in [0.717, 1.165) is 24.1 Å². The molecular weight excluding hydrogens is 234 g/mol. The number of benzene rings is 1. The van der Waals surface area contributed by atoms with Crippen LogP contribution in [0, 0.1) is 20.8 Å². The highest BCUT2D eigenvalue weighted by Gasteiger charge is 2.13. The molecule has 0 aliphatic carbocycles. The number of nitrogens with two attached hydrogens (primary N) is 1. The average molecular weight is 255 g/mol. The first-order valence-corrected chi connectivity index (χ1v) is 6.72. The SMILES string of the molecule is CCCc1c(N)ncnc1-c1cc(C)c(C)cc1C. The van der Waals surface area contributed by atoms with Gasteiger partial charge in [0.15, 0.2) is 0 Å². The zero-order valence-corrected chi connectivity index (χ0v) is 12.1. The van der Waals surface area contributed by atoms with Crippen molar-refractivity contribution in [2.45, 2.75) is 40.5 Å². The van der Waals surface area contributed by atoms with Gasteiger partial charge in [-0.25, -0.2) is 9.97 Å². The van der Waals surface area contributed by atoms with E-state index in [0.29, 0.717) is 5.82 Å². The number of nitrogen functional groups attached to an aromatic ring is 1. The van der Waals surface area contributed by atoms with E-state index in [2.05, 4.69) is 49.8 Å². The lowest BCUT2D eigenvalue weighted by Crippen LogP contribution is -2.03. The monoisotopic (exact) mass is 255 g/mol. The third kappa shape index (κ3) is 2.60. The fraction of sp³-hybridized carbons (Fsp3) is 0.375. The lowest BCUT2D eigenvalue weighted by molar-refractivity contribution is 0.908. The maximum atomic E-state index is 6.01. The molecule has 0 radical (unpaired) electrons. The Kier molecular flexibility index (Phi) is 3.84. The summed E-state index contributed by atoms with van der Waals surface area (Å²) in [5, 5.41) is 0. The van der Waals surface area contributed by atoms with Gasteiger partial charge >= 0.3 is 0 Å². The van der Waals surface area contributed by atoms with Gasteiger partial charge in [0, 0.05) is 11.1 Å². The Hall–Kier alpha value is -1.90. The van der Waals surface area contributed by atoms with E-state index in [-0.39, 0.29) is 0 Å². The number of anilines is 1. The zero-order chi connectivity index (χ0) is 14.0. The van der Waals surface area contributed by atoms with E-state index < -0.39 is 0 Å². The van der Waals surface area contributed by atoms with E-state index in [4.69, 9.17) is 5.73 Å². The highest BCUT2D eigenvalue weighted by molar-refractivity contribution is 5.71. The third-order valence-corrected chi connectivity index (χ3v) is 3.57. The highest BCUT2D eigenvalue weighted by atomic mass is 14.9. The first-order valence-electron chi connectivity index (χ1n) is 6.72. The quantitative estimate of drug-likeness (QED) is 0.911. The number of nitrogens with zero attached hydrogens (tertiary/aromatic N) is 2. The van der Waals surface area contributed by atoms with Crippen molar-refractivity contribution >= 4 is 5.82 Å². The molecule has 0 fully saturated rings. The standard InChI is InChI=1S/C16H21N3/c1-5-6-13-15(18-9-19-16(13)17)14-8-11(3)10(2)7-12(14)4/h7-9H,5-6H2,1-4H3,(H2,17,18,19). The molecule has 1 aromatic carbocycles. The first-order chi connectivity index (χ1) is 9.04. The second kappa shape index (κ2) is 5.39. The number of rotatable bonds is 3. The van der Waals surface area contributed by atoms with Crippen LogP contribution in [0.3, 0.4) is 0 Å². The summed E-state index contributed by atoms with van der Waals surface area (Å²) in [6, 6.07) is 4.41. The Morgan fingerprint density at radius 1 is 1.00 bits per heavy atom. The van der Waals surface area contributed by atoms with Crippen molar-refractivity contribution in [3.63, 3.8) is 0 Å². The fourth-order valence-electron chi connectivity index (χ4n) is 2.37. The van der Waals surface area contributed by atoms with Crippen molar-refractivity contribution in [2.75, 3.05) is 5.73 Å². The Bertz CT molecular complexity index is 603. The average Bonchev–Trinajstić information content (AvgIpc) is 2.37. The lowest BCUT2D eigenvalue weighted by atomic mass is 9.95. The van der Waals surface area contributed by atoms with Gasteiger partial charge in [0.25, 0.3) is 0 Å². The summed E-state index contributed by atoms with van der Waals surface area (Å²) in [6.07, 6.45) is 3.50. The Morgan fingerprint density at radius 3 is 2.37 bits per heavy atom.